The highest BCUT2D eigenvalue weighted by atomic mass is 16.5. The highest BCUT2D eigenvalue weighted by Crippen LogP contribution is 2.31. The Balaban J connectivity index is 2.39. The van der Waals surface area contributed by atoms with Crippen LogP contribution in [0.25, 0.3) is 0 Å². The standard InChI is InChI=1S/C11H13NO3/c1-8-3-2-4-9(13)11(8)12-5-6-15-7-10(12)14/h2-4,13H,5-7H2,1H3. The van der Waals surface area contributed by atoms with E-state index in [0.29, 0.717) is 18.8 Å². The predicted octanol–water partition coefficient (Wildman–Crippen LogP) is 1.06. The number of phenolic OH excluding ortho intramolecular Hbond substituents is 1. The van der Waals surface area contributed by atoms with Crippen molar-refractivity contribution in [2.45, 2.75) is 6.92 Å². The number of ether oxygens (including phenoxy) is 1. The fourth-order valence-corrected chi connectivity index (χ4v) is 1.75. The molecular formula is C11H13NO3. The minimum atomic E-state index is -0.106. The number of rotatable bonds is 1. The van der Waals surface area contributed by atoms with Gasteiger partial charge in [0.25, 0.3) is 5.91 Å². The van der Waals surface area contributed by atoms with E-state index >= 15 is 0 Å². The third kappa shape index (κ3) is 1.80. The van der Waals surface area contributed by atoms with E-state index in [2.05, 4.69) is 0 Å². The average Bonchev–Trinajstić information content (AvgIpc) is 2.20. The van der Waals surface area contributed by atoms with Gasteiger partial charge in [0.1, 0.15) is 12.4 Å². The molecule has 0 spiro atoms. The molecule has 15 heavy (non-hydrogen) atoms. The average molecular weight is 207 g/mol. The topological polar surface area (TPSA) is 49.8 Å². The smallest absolute Gasteiger partial charge is 0.253 e. The Morgan fingerprint density at radius 2 is 2.27 bits per heavy atom. The van der Waals surface area contributed by atoms with Crippen LogP contribution < -0.4 is 4.90 Å². The molecule has 1 aliphatic heterocycles. The summed E-state index contributed by atoms with van der Waals surface area (Å²) in [7, 11) is 0. The van der Waals surface area contributed by atoms with Gasteiger partial charge in [-0.05, 0) is 18.6 Å². The molecule has 0 unspecified atom stereocenters. The summed E-state index contributed by atoms with van der Waals surface area (Å²) in [6.07, 6.45) is 0. The molecular weight excluding hydrogens is 194 g/mol. The normalized spacial score (nSPS) is 16.9. The van der Waals surface area contributed by atoms with E-state index in [-0.39, 0.29) is 18.3 Å². The molecule has 1 amide bonds. The van der Waals surface area contributed by atoms with Gasteiger partial charge in [0.2, 0.25) is 0 Å². The maximum absolute atomic E-state index is 11.6. The molecule has 80 valence electrons. The Morgan fingerprint density at radius 1 is 1.47 bits per heavy atom. The molecule has 1 aromatic rings. The second-order valence-corrected chi connectivity index (χ2v) is 3.54. The fraction of sp³-hybridized carbons (Fsp3) is 0.364. The van der Waals surface area contributed by atoms with E-state index in [1.807, 2.05) is 13.0 Å². The van der Waals surface area contributed by atoms with Crippen molar-refractivity contribution in [2.75, 3.05) is 24.7 Å². The Labute approximate surface area is 88.1 Å². The lowest BCUT2D eigenvalue weighted by molar-refractivity contribution is -0.125. The largest absolute Gasteiger partial charge is 0.506 e. The van der Waals surface area contributed by atoms with Crippen LogP contribution >= 0.6 is 0 Å². The van der Waals surface area contributed by atoms with Crippen LogP contribution in [0.3, 0.4) is 0 Å². The second kappa shape index (κ2) is 3.90. The van der Waals surface area contributed by atoms with Crippen molar-refractivity contribution in [1.82, 2.24) is 0 Å². The first kappa shape index (κ1) is 9.98. The molecule has 1 aromatic carbocycles. The van der Waals surface area contributed by atoms with Crippen LogP contribution in [-0.2, 0) is 9.53 Å². The number of morpholine rings is 1. The van der Waals surface area contributed by atoms with Gasteiger partial charge in [0.05, 0.1) is 12.3 Å². The summed E-state index contributed by atoms with van der Waals surface area (Å²) >= 11 is 0. The first-order valence-corrected chi connectivity index (χ1v) is 4.87. The minimum absolute atomic E-state index is 0.0910. The van der Waals surface area contributed by atoms with Crippen LogP contribution in [0.1, 0.15) is 5.56 Å². The van der Waals surface area contributed by atoms with E-state index in [4.69, 9.17) is 4.74 Å². The fourth-order valence-electron chi connectivity index (χ4n) is 1.75. The van der Waals surface area contributed by atoms with E-state index in [1.165, 1.54) is 0 Å². The first-order valence-electron chi connectivity index (χ1n) is 4.87. The van der Waals surface area contributed by atoms with Crippen LogP contribution in [-0.4, -0.2) is 30.8 Å². The zero-order valence-corrected chi connectivity index (χ0v) is 8.56. The summed E-state index contributed by atoms with van der Waals surface area (Å²) in [5, 5.41) is 9.73. The lowest BCUT2D eigenvalue weighted by atomic mass is 10.1. The number of carbonyl (C=O) groups excluding carboxylic acids is 1. The number of nitrogens with zero attached hydrogens (tertiary/aromatic N) is 1. The molecule has 0 bridgehead atoms. The third-order valence-corrected chi connectivity index (χ3v) is 2.47. The molecule has 0 aromatic heterocycles. The molecule has 0 saturated carbocycles. The van der Waals surface area contributed by atoms with Gasteiger partial charge in [-0.2, -0.15) is 0 Å². The van der Waals surface area contributed by atoms with Crippen LogP contribution in [0.15, 0.2) is 18.2 Å². The number of aryl methyl sites for hydroxylation is 1. The maximum atomic E-state index is 11.6. The Hall–Kier alpha value is -1.55. The number of amides is 1. The van der Waals surface area contributed by atoms with Crippen molar-refractivity contribution in [3.8, 4) is 5.75 Å². The number of phenols is 1. The monoisotopic (exact) mass is 207 g/mol. The third-order valence-electron chi connectivity index (χ3n) is 2.47. The van der Waals surface area contributed by atoms with Gasteiger partial charge in [-0.3, -0.25) is 4.79 Å². The van der Waals surface area contributed by atoms with Gasteiger partial charge in [0, 0.05) is 6.54 Å². The van der Waals surface area contributed by atoms with Crippen molar-refractivity contribution in [2.24, 2.45) is 0 Å². The van der Waals surface area contributed by atoms with E-state index in [0.717, 1.165) is 5.56 Å². The Morgan fingerprint density at radius 3 is 2.93 bits per heavy atom. The minimum Gasteiger partial charge on any atom is -0.506 e. The van der Waals surface area contributed by atoms with E-state index in [1.54, 1.807) is 17.0 Å². The van der Waals surface area contributed by atoms with Gasteiger partial charge in [-0.15, -0.1) is 0 Å². The Kier molecular flexibility index (Phi) is 2.60. The predicted molar refractivity (Wildman–Crippen MR) is 56.0 cm³/mol. The molecule has 0 radical (unpaired) electrons. The molecule has 1 saturated heterocycles. The van der Waals surface area contributed by atoms with Gasteiger partial charge in [-0.1, -0.05) is 12.1 Å². The lowest BCUT2D eigenvalue weighted by Gasteiger charge is -2.28. The first-order chi connectivity index (χ1) is 7.20. The number of hydrogen-bond acceptors (Lipinski definition) is 3. The summed E-state index contributed by atoms with van der Waals surface area (Å²) in [6.45, 7) is 2.97. The molecule has 2 rings (SSSR count). The molecule has 1 fully saturated rings. The summed E-state index contributed by atoms with van der Waals surface area (Å²) < 4.78 is 5.04. The molecule has 1 N–H and O–H groups in total. The number of hydrogen-bond donors (Lipinski definition) is 1. The summed E-state index contributed by atoms with van der Waals surface area (Å²) in [4.78, 5) is 13.2. The number of carbonyl (C=O) groups is 1. The van der Waals surface area contributed by atoms with Crippen LogP contribution in [0.5, 0.6) is 5.75 Å². The van der Waals surface area contributed by atoms with Crippen molar-refractivity contribution in [3.05, 3.63) is 23.8 Å². The highest BCUT2D eigenvalue weighted by molar-refractivity contribution is 5.97. The number of aromatic hydroxyl groups is 1. The van der Waals surface area contributed by atoms with Crippen LogP contribution in [0.2, 0.25) is 0 Å². The number of anilines is 1. The highest BCUT2D eigenvalue weighted by Gasteiger charge is 2.23. The van der Waals surface area contributed by atoms with Gasteiger partial charge < -0.3 is 14.7 Å². The van der Waals surface area contributed by atoms with Gasteiger partial charge >= 0.3 is 0 Å². The van der Waals surface area contributed by atoms with Gasteiger partial charge in [-0.25, -0.2) is 0 Å². The lowest BCUT2D eigenvalue weighted by Crippen LogP contribution is -2.42. The molecule has 1 heterocycles. The number of benzene rings is 1. The Bertz CT molecular complexity index is 369. The van der Waals surface area contributed by atoms with Gasteiger partial charge in [0.15, 0.2) is 0 Å². The molecule has 0 atom stereocenters. The summed E-state index contributed by atoms with van der Waals surface area (Å²) in [5.41, 5.74) is 1.50. The van der Waals surface area contributed by atoms with E-state index < -0.39 is 0 Å². The van der Waals surface area contributed by atoms with E-state index in [9.17, 15) is 9.90 Å². The number of para-hydroxylation sites is 1. The van der Waals surface area contributed by atoms with Crippen molar-refractivity contribution in [1.29, 1.82) is 0 Å². The zero-order valence-electron chi connectivity index (χ0n) is 8.56. The maximum Gasteiger partial charge on any atom is 0.253 e. The van der Waals surface area contributed by atoms with Crippen LogP contribution in [0, 0.1) is 6.92 Å². The summed E-state index contributed by atoms with van der Waals surface area (Å²) in [5.74, 6) is 0.0381. The molecule has 4 heteroatoms. The quantitative estimate of drug-likeness (QED) is 0.749. The van der Waals surface area contributed by atoms with Crippen molar-refractivity contribution in [3.63, 3.8) is 0 Å². The molecule has 4 nitrogen and oxygen atoms in total. The second-order valence-electron chi connectivity index (χ2n) is 3.54. The SMILES string of the molecule is Cc1cccc(O)c1N1CCOCC1=O. The zero-order chi connectivity index (χ0) is 10.8. The summed E-state index contributed by atoms with van der Waals surface area (Å²) in [6, 6.07) is 5.22. The van der Waals surface area contributed by atoms with Crippen molar-refractivity contribution >= 4 is 11.6 Å². The molecule has 0 aliphatic carbocycles. The van der Waals surface area contributed by atoms with Crippen LogP contribution in [0.4, 0.5) is 5.69 Å². The molecule has 1 aliphatic rings. The van der Waals surface area contributed by atoms with Crippen molar-refractivity contribution < 1.29 is 14.6 Å².